The maximum absolute atomic E-state index is 13.2. The summed E-state index contributed by atoms with van der Waals surface area (Å²) in [5.41, 5.74) is -0.200. The van der Waals surface area contributed by atoms with Gasteiger partial charge in [0.2, 0.25) is 0 Å². The molecule has 0 bridgehead atoms. The predicted octanol–water partition coefficient (Wildman–Crippen LogP) is 3.95. The molecule has 1 aromatic heterocycles. The van der Waals surface area contributed by atoms with Gasteiger partial charge in [-0.1, -0.05) is 26.7 Å². The number of β-lactam (4-membered cyclic amide) rings is 1. The van der Waals surface area contributed by atoms with Crippen LogP contribution in [0.3, 0.4) is 0 Å². The topological polar surface area (TPSA) is 70.1 Å². The Balaban J connectivity index is 1.79. The summed E-state index contributed by atoms with van der Waals surface area (Å²) < 4.78 is 22.8. The van der Waals surface area contributed by atoms with Crippen molar-refractivity contribution >= 4 is 5.91 Å². The number of ether oxygens (including phenoxy) is 4. The first-order valence-corrected chi connectivity index (χ1v) is 11.5. The molecule has 2 atom stereocenters. The summed E-state index contributed by atoms with van der Waals surface area (Å²) in [5.74, 6) is 1.15. The molecule has 31 heavy (non-hydrogen) atoms. The molecule has 1 aliphatic carbocycles. The van der Waals surface area contributed by atoms with Crippen molar-refractivity contribution in [1.82, 2.24) is 9.88 Å². The summed E-state index contributed by atoms with van der Waals surface area (Å²) in [6.07, 6.45) is 10.4. The summed E-state index contributed by atoms with van der Waals surface area (Å²) in [4.78, 5) is 19.5. The molecule has 0 N–H and O–H groups in total. The Hall–Kier alpha value is -1.70. The molecule has 2 aliphatic rings. The van der Waals surface area contributed by atoms with Gasteiger partial charge in [-0.25, -0.2) is 0 Å². The molecule has 2 fully saturated rings. The monoisotopic (exact) mass is 434 g/mol. The van der Waals surface area contributed by atoms with Gasteiger partial charge in [-0.3, -0.25) is 9.78 Å². The van der Waals surface area contributed by atoms with Crippen molar-refractivity contribution < 1.29 is 23.7 Å². The maximum Gasteiger partial charge on any atom is 0.259 e. The highest BCUT2D eigenvalue weighted by Crippen LogP contribution is 2.41. The zero-order valence-electron chi connectivity index (χ0n) is 19.5. The number of rotatable bonds is 11. The van der Waals surface area contributed by atoms with E-state index in [-0.39, 0.29) is 31.6 Å². The van der Waals surface area contributed by atoms with Gasteiger partial charge in [-0.05, 0) is 44.1 Å². The van der Waals surface area contributed by atoms with Crippen LogP contribution in [0.1, 0.15) is 64.5 Å². The van der Waals surface area contributed by atoms with E-state index in [2.05, 4.69) is 18.8 Å². The van der Waals surface area contributed by atoms with Gasteiger partial charge < -0.3 is 23.8 Å². The molecule has 1 aliphatic heterocycles. The average molecular weight is 435 g/mol. The number of pyridine rings is 1. The first kappa shape index (κ1) is 24.0. The molecule has 7 nitrogen and oxygen atoms in total. The molecular formula is C24H38N2O5. The van der Waals surface area contributed by atoms with Crippen LogP contribution in [0, 0.1) is 5.92 Å². The Morgan fingerprint density at radius 1 is 1.16 bits per heavy atom. The van der Waals surface area contributed by atoms with Gasteiger partial charge in [0.25, 0.3) is 5.91 Å². The molecule has 0 aromatic carbocycles. The Labute approximate surface area is 186 Å². The first-order valence-electron chi connectivity index (χ1n) is 11.5. The second-order valence-corrected chi connectivity index (χ2v) is 9.17. The molecule has 0 spiro atoms. The van der Waals surface area contributed by atoms with E-state index in [1.165, 1.54) is 25.7 Å². The van der Waals surface area contributed by atoms with Gasteiger partial charge in [-0.2, -0.15) is 0 Å². The highest BCUT2D eigenvalue weighted by atomic mass is 16.7. The average Bonchev–Trinajstić information content (AvgIpc) is 3.02. The van der Waals surface area contributed by atoms with Gasteiger partial charge in [0.15, 0.2) is 5.60 Å². The number of carbonyl (C=O) groups excluding carboxylic acids is 1. The van der Waals surface area contributed by atoms with Crippen LogP contribution in [-0.2, 0) is 25.4 Å². The minimum atomic E-state index is -0.993. The molecule has 174 valence electrons. The van der Waals surface area contributed by atoms with Crippen LogP contribution in [0.15, 0.2) is 18.3 Å². The zero-order chi connectivity index (χ0) is 22.3. The van der Waals surface area contributed by atoms with E-state index in [1.54, 1.807) is 25.3 Å². The standard InChI is InChI=1S/C24H38N2O5/c1-18(2)13-22-24(30-17-29-4,23(27)26(22)16-28-3)15-19-14-21(11-12-25-19)31-20-9-7-5-6-8-10-20/h11-12,14,18,20,22H,5-10,13,15-17H2,1-4H3/t22-,24+/m0/s1. The van der Waals surface area contributed by atoms with Crippen molar-refractivity contribution in [3.05, 3.63) is 24.0 Å². The molecule has 3 rings (SSSR count). The lowest BCUT2D eigenvalue weighted by Crippen LogP contribution is -2.76. The van der Waals surface area contributed by atoms with Crippen LogP contribution in [0.2, 0.25) is 0 Å². The van der Waals surface area contributed by atoms with Crippen LogP contribution < -0.4 is 4.74 Å². The summed E-state index contributed by atoms with van der Waals surface area (Å²) in [5, 5.41) is 0. The molecule has 1 saturated heterocycles. The number of aromatic nitrogens is 1. The van der Waals surface area contributed by atoms with Crippen LogP contribution >= 0.6 is 0 Å². The van der Waals surface area contributed by atoms with E-state index < -0.39 is 5.60 Å². The Morgan fingerprint density at radius 2 is 1.90 bits per heavy atom. The summed E-state index contributed by atoms with van der Waals surface area (Å²) >= 11 is 0. The fourth-order valence-electron chi connectivity index (χ4n) is 4.78. The van der Waals surface area contributed by atoms with Crippen LogP contribution in [0.4, 0.5) is 0 Å². The summed E-state index contributed by atoms with van der Waals surface area (Å²) in [7, 11) is 3.17. The van der Waals surface area contributed by atoms with Crippen LogP contribution in [0.25, 0.3) is 0 Å². The molecule has 2 heterocycles. The number of nitrogens with zero attached hydrogens (tertiary/aromatic N) is 2. The Kier molecular flexibility index (Phi) is 8.69. The normalized spacial score (nSPS) is 24.9. The van der Waals surface area contributed by atoms with Gasteiger partial charge >= 0.3 is 0 Å². The highest BCUT2D eigenvalue weighted by molar-refractivity contribution is 5.93. The molecule has 1 saturated carbocycles. The maximum atomic E-state index is 13.2. The summed E-state index contributed by atoms with van der Waals surface area (Å²) in [6.45, 7) is 4.61. The van der Waals surface area contributed by atoms with E-state index in [0.717, 1.165) is 30.7 Å². The zero-order valence-corrected chi connectivity index (χ0v) is 19.5. The van der Waals surface area contributed by atoms with Gasteiger partial charge in [0, 0.05) is 38.6 Å². The van der Waals surface area contributed by atoms with E-state index in [1.807, 2.05) is 12.1 Å². The third-order valence-electron chi connectivity index (χ3n) is 6.27. The molecule has 0 radical (unpaired) electrons. The molecule has 0 unspecified atom stereocenters. The van der Waals surface area contributed by atoms with E-state index >= 15 is 0 Å². The third kappa shape index (κ3) is 5.76. The number of hydrogen-bond acceptors (Lipinski definition) is 6. The molecule has 1 aromatic rings. The number of carbonyl (C=O) groups is 1. The Bertz CT molecular complexity index is 705. The van der Waals surface area contributed by atoms with Crippen molar-refractivity contribution in [2.75, 3.05) is 27.7 Å². The smallest absolute Gasteiger partial charge is 0.259 e. The third-order valence-corrected chi connectivity index (χ3v) is 6.27. The van der Waals surface area contributed by atoms with E-state index in [4.69, 9.17) is 18.9 Å². The quantitative estimate of drug-likeness (QED) is 0.298. The van der Waals surface area contributed by atoms with Crippen molar-refractivity contribution in [1.29, 1.82) is 0 Å². The SMILES string of the molecule is COCO[C@@]1(Cc2cc(OC3CCCCCC3)ccn2)C(=O)N(COC)[C@H]1CC(C)C. The number of likely N-dealkylation sites (tertiary alicyclic amines) is 1. The minimum absolute atomic E-state index is 0.0550. The second kappa shape index (κ2) is 11.2. The summed E-state index contributed by atoms with van der Waals surface area (Å²) in [6, 6.07) is 3.77. The van der Waals surface area contributed by atoms with Crippen LogP contribution in [-0.4, -0.2) is 61.3 Å². The van der Waals surface area contributed by atoms with Crippen molar-refractivity contribution in [2.24, 2.45) is 5.92 Å². The number of methoxy groups -OCH3 is 2. The first-order chi connectivity index (χ1) is 15.0. The lowest BCUT2D eigenvalue weighted by atomic mass is 9.75. The highest BCUT2D eigenvalue weighted by Gasteiger charge is 2.62. The van der Waals surface area contributed by atoms with E-state index in [9.17, 15) is 4.79 Å². The molecular weight excluding hydrogens is 396 g/mol. The van der Waals surface area contributed by atoms with Crippen molar-refractivity contribution in [3.8, 4) is 5.75 Å². The lowest BCUT2D eigenvalue weighted by Gasteiger charge is -2.55. The van der Waals surface area contributed by atoms with Gasteiger partial charge in [0.1, 0.15) is 19.3 Å². The number of amides is 1. The molecule has 1 amide bonds. The van der Waals surface area contributed by atoms with Crippen LogP contribution in [0.5, 0.6) is 5.75 Å². The molecule has 7 heteroatoms. The fourth-order valence-corrected chi connectivity index (χ4v) is 4.78. The second-order valence-electron chi connectivity index (χ2n) is 9.17. The fraction of sp³-hybridized carbons (Fsp3) is 0.750. The predicted molar refractivity (Wildman–Crippen MR) is 118 cm³/mol. The van der Waals surface area contributed by atoms with Gasteiger partial charge in [0.05, 0.1) is 12.1 Å². The van der Waals surface area contributed by atoms with Gasteiger partial charge in [-0.15, -0.1) is 0 Å². The number of hydrogen-bond donors (Lipinski definition) is 0. The lowest BCUT2D eigenvalue weighted by molar-refractivity contribution is -0.235. The Morgan fingerprint density at radius 3 is 2.55 bits per heavy atom. The van der Waals surface area contributed by atoms with Crippen molar-refractivity contribution in [3.63, 3.8) is 0 Å². The van der Waals surface area contributed by atoms with Crippen molar-refractivity contribution in [2.45, 2.75) is 83.0 Å². The van der Waals surface area contributed by atoms with E-state index in [0.29, 0.717) is 12.3 Å². The minimum Gasteiger partial charge on any atom is -0.490 e. The largest absolute Gasteiger partial charge is 0.490 e.